The molecule has 1 amide bonds. The van der Waals surface area contributed by atoms with Crippen LogP contribution in [-0.2, 0) is 11.2 Å². The number of amides is 1. The monoisotopic (exact) mass is 460 g/mol. The summed E-state index contributed by atoms with van der Waals surface area (Å²) in [5.74, 6) is 0.941. The molecule has 34 heavy (non-hydrogen) atoms. The van der Waals surface area contributed by atoms with Gasteiger partial charge < -0.3 is 14.7 Å². The van der Waals surface area contributed by atoms with Gasteiger partial charge in [-0.15, -0.1) is 0 Å². The number of aryl methyl sites for hydroxylation is 1. The minimum absolute atomic E-state index is 0.0970. The Bertz CT molecular complexity index is 1140. The van der Waals surface area contributed by atoms with Crippen LogP contribution in [0.4, 0.5) is 11.5 Å². The van der Waals surface area contributed by atoms with Crippen molar-refractivity contribution in [3.05, 3.63) is 60.2 Å². The van der Waals surface area contributed by atoms with Crippen LogP contribution < -0.4 is 14.5 Å². The molecule has 0 saturated carbocycles. The van der Waals surface area contributed by atoms with Crippen LogP contribution in [0.2, 0.25) is 0 Å². The fraction of sp³-hybridized carbons (Fsp3) is 0.407. The van der Waals surface area contributed by atoms with Gasteiger partial charge in [0.05, 0.1) is 6.61 Å². The lowest BCUT2D eigenvalue weighted by atomic mass is 10.1. The summed E-state index contributed by atoms with van der Waals surface area (Å²) in [4.78, 5) is 22.8. The number of fused-ring (bicyclic) bond motifs is 2. The van der Waals surface area contributed by atoms with E-state index >= 15 is 0 Å². The molecule has 0 bridgehead atoms. The minimum atomic E-state index is -0.351. The standard InChI is InChI=1S/C27H32N4O3/c32-20-31-26(33)13-11-22-10-12-25(28-27(22)31)34-19-4-3-14-29-15-17-30(18-16-29)24-9-5-7-21-6-1-2-8-23(21)24/h1-2,5-10,12,32H,3-4,11,13-20H2. The van der Waals surface area contributed by atoms with E-state index in [0.29, 0.717) is 31.1 Å². The van der Waals surface area contributed by atoms with Gasteiger partial charge in [-0.25, -0.2) is 0 Å². The summed E-state index contributed by atoms with van der Waals surface area (Å²) in [7, 11) is 0. The summed E-state index contributed by atoms with van der Waals surface area (Å²) >= 11 is 0. The third-order valence-corrected chi connectivity index (χ3v) is 6.83. The van der Waals surface area contributed by atoms with E-state index in [2.05, 4.69) is 57.2 Å². The molecule has 2 aliphatic heterocycles. The molecule has 5 rings (SSSR count). The van der Waals surface area contributed by atoms with Gasteiger partial charge in [-0.1, -0.05) is 36.4 Å². The van der Waals surface area contributed by atoms with Crippen molar-refractivity contribution in [2.75, 3.05) is 55.9 Å². The number of carbonyl (C=O) groups excluding carboxylic acids is 1. The normalized spacial score (nSPS) is 16.7. The van der Waals surface area contributed by atoms with Gasteiger partial charge in [0.25, 0.3) is 0 Å². The minimum Gasteiger partial charge on any atom is -0.478 e. The number of benzene rings is 2. The van der Waals surface area contributed by atoms with Crippen molar-refractivity contribution < 1.29 is 14.6 Å². The predicted octanol–water partition coefficient (Wildman–Crippen LogP) is 3.45. The van der Waals surface area contributed by atoms with E-state index in [0.717, 1.165) is 51.1 Å². The average molecular weight is 461 g/mol. The molecule has 1 aromatic heterocycles. The number of ether oxygens (including phenoxy) is 1. The Morgan fingerprint density at radius 1 is 0.912 bits per heavy atom. The first kappa shape index (κ1) is 22.6. The van der Waals surface area contributed by atoms with Gasteiger partial charge >= 0.3 is 0 Å². The highest BCUT2D eigenvalue weighted by molar-refractivity contribution is 5.95. The van der Waals surface area contributed by atoms with Crippen LogP contribution in [-0.4, -0.2) is 67.0 Å². The molecule has 1 saturated heterocycles. The number of carbonyl (C=O) groups is 1. The topological polar surface area (TPSA) is 69.1 Å². The van der Waals surface area contributed by atoms with Crippen molar-refractivity contribution in [2.24, 2.45) is 0 Å². The molecule has 0 atom stereocenters. The van der Waals surface area contributed by atoms with E-state index in [9.17, 15) is 9.90 Å². The fourth-order valence-electron chi connectivity index (χ4n) is 4.92. The van der Waals surface area contributed by atoms with Gasteiger partial charge in [-0.2, -0.15) is 4.98 Å². The molecule has 7 heteroatoms. The number of pyridine rings is 1. The van der Waals surface area contributed by atoms with Crippen LogP contribution in [0.25, 0.3) is 10.8 Å². The highest BCUT2D eigenvalue weighted by Crippen LogP contribution is 2.29. The molecular formula is C27H32N4O3. The molecule has 178 valence electrons. The van der Waals surface area contributed by atoms with E-state index in [1.165, 1.54) is 21.4 Å². The average Bonchev–Trinajstić information content (AvgIpc) is 2.88. The summed E-state index contributed by atoms with van der Waals surface area (Å²) in [6, 6.07) is 19.0. The van der Waals surface area contributed by atoms with E-state index in [-0.39, 0.29) is 12.6 Å². The first-order valence-electron chi connectivity index (χ1n) is 12.2. The van der Waals surface area contributed by atoms with Crippen molar-refractivity contribution in [2.45, 2.75) is 25.7 Å². The van der Waals surface area contributed by atoms with Crippen LogP contribution in [0, 0.1) is 0 Å². The smallest absolute Gasteiger partial charge is 0.230 e. The number of rotatable bonds is 8. The van der Waals surface area contributed by atoms with Crippen LogP contribution in [0.1, 0.15) is 24.8 Å². The second kappa shape index (κ2) is 10.4. The molecule has 1 N–H and O–H groups in total. The Labute approximate surface area is 200 Å². The van der Waals surface area contributed by atoms with Crippen molar-refractivity contribution in [1.82, 2.24) is 9.88 Å². The zero-order valence-electron chi connectivity index (χ0n) is 19.5. The fourth-order valence-corrected chi connectivity index (χ4v) is 4.92. The number of unbranched alkanes of at least 4 members (excludes halogenated alkanes) is 1. The molecule has 3 aromatic rings. The number of aliphatic hydroxyl groups excluding tert-OH is 1. The van der Waals surface area contributed by atoms with E-state index in [4.69, 9.17) is 4.74 Å². The second-order valence-electron chi connectivity index (χ2n) is 8.98. The summed E-state index contributed by atoms with van der Waals surface area (Å²) in [5, 5.41) is 12.1. The molecule has 2 aliphatic rings. The maximum absolute atomic E-state index is 12.0. The van der Waals surface area contributed by atoms with E-state index in [1.807, 2.05) is 12.1 Å². The third kappa shape index (κ3) is 4.86. The summed E-state index contributed by atoms with van der Waals surface area (Å²) in [6.45, 7) is 5.54. The van der Waals surface area contributed by atoms with E-state index in [1.54, 1.807) is 0 Å². The molecule has 7 nitrogen and oxygen atoms in total. The largest absolute Gasteiger partial charge is 0.478 e. The zero-order chi connectivity index (χ0) is 23.3. The number of aliphatic hydroxyl groups is 1. The molecule has 0 aliphatic carbocycles. The first-order chi connectivity index (χ1) is 16.7. The number of aromatic nitrogens is 1. The number of hydrogen-bond acceptors (Lipinski definition) is 6. The van der Waals surface area contributed by atoms with Crippen molar-refractivity contribution in [3.8, 4) is 5.88 Å². The van der Waals surface area contributed by atoms with Gasteiger partial charge in [-0.05, 0) is 48.9 Å². The van der Waals surface area contributed by atoms with Gasteiger partial charge in [0.1, 0.15) is 12.5 Å². The summed E-state index contributed by atoms with van der Waals surface area (Å²) in [5.41, 5.74) is 2.31. The number of hydrogen-bond donors (Lipinski definition) is 1. The molecule has 0 unspecified atom stereocenters. The first-order valence-corrected chi connectivity index (χ1v) is 12.2. The Morgan fingerprint density at radius 2 is 1.74 bits per heavy atom. The number of nitrogens with zero attached hydrogens (tertiary/aromatic N) is 4. The maximum Gasteiger partial charge on any atom is 0.230 e. The van der Waals surface area contributed by atoms with Crippen molar-refractivity contribution >= 4 is 28.2 Å². The van der Waals surface area contributed by atoms with E-state index < -0.39 is 0 Å². The van der Waals surface area contributed by atoms with Crippen molar-refractivity contribution in [1.29, 1.82) is 0 Å². The van der Waals surface area contributed by atoms with Gasteiger partial charge in [-0.3, -0.25) is 14.6 Å². The summed E-state index contributed by atoms with van der Waals surface area (Å²) < 4.78 is 5.85. The predicted molar refractivity (Wildman–Crippen MR) is 134 cm³/mol. The molecule has 3 heterocycles. The highest BCUT2D eigenvalue weighted by atomic mass is 16.5. The zero-order valence-corrected chi connectivity index (χ0v) is 19.5. The maximum atomic E-state index is 12.0. The lowest BCUT2D eigenvalue weighted by Gasteiger charge is -2.36. The Kier molecular flexibility index (Phi) is 6.92. The lowest BCUT2D eigenvalue weighted by molar-refractivity contribution is -0.119. The van der Waals surface area contributed by atoms with Crippen LogP contribution in [0.3, 0.4) is 0 Å². The quantitative estimate of drug-likeness (QED) is 0.520. The SMILES string of the molecule is O=C1CCc2ccc(OCCCCN3CCN(c4cccc5ccccc45)CC3)nc2N1CO. The lowest BCUT2D eigenvalue weighted by Crippen LogP contribution is -2.46. The summed E-state index contributed by atoms with van der Waals surface area (Å²) in [6.07, 6.45) is 3.09. The molecule has 1 fully saturated rings. The molecule has 0 radical (unpaired) electrons. The number of piperazine rings is 1. The van der Waals surface area contributed by atoms with Crippen molar-refractivity contribution in [3.63, 3.8) is 0 Å². The van der Waals surface area contributed by atoms with Crippen LogP contribution in [0.15, 0.2) is 54.6 Å². The Hall–Kier alpha value is -3.16. The van der Waals surface area contributed by atoms with Crippen LogP contribution in [0.5, 0.6) is 5.88 Å². The molecule has 2 aromatic carbocycles. The number of anilines is 2. The van der Waals surface area contributed by atoms with Crippen LogP contribution >= 0.6 is 0 Å². The molecular weight excluding hydrogens is 428 g/mol. The molecule has 0 spiro atoms. The van der Waals surface area contributed by atoms with Gasteiger partial charge in [0, 0.05) is 49.7 Å². The second-order valence-corrected chi connectivity index (χ2v) is 8.98. The highest BCUT2D eigenvalue weighted by Gasteiger charge is 2.25. The third-order valence-electron chi connectivity index (χ3n) is 6.83. The Balaban J connectivity index is 1.06. The van der Waals surface area contributed by atoms with Gasteiger partial charge in [0.15, 0.2) is 0 Å². The van der Waals surface area contributed by atoms with Gasteiger partial charge in [0.2, 0.25) is 11.8 Å². The Morgan fingerprint density at radius 3 is 2.59 bits per heavy atom.